The number of nitrogens with one attached hydrogen (secondary N) is 2. The van der Waals surface area contributed by atoms with Gasteiger partial charge in [0.1, 0.15) is 5.82 Å². The number of H-pyrrole nitrogens is 1. The largest absolute Gasteiger partial charge is 0.352 e. The molecular formula is C14H16N4OS2. The number of thiophene rings is 1. The van der Waals surface area contributed by atoms with E-state index in [0.29, 0.717) is 17.5 Å². The number of aromatic amines is 1. The van der Waals surface area contributed by atoms with Crippen LogP contribution in [-0.2, 0) is 4.79 Å². The van der Waals surface area contributed by atoms with Crippen LogP contribution in [0, 0.1) is 0 Å². The maximum Gasteiger partial charge on any atom is 0.233 e. The van der Waals surface area contributed by atoms with Crippen LogP contribution in [0.1, 0.15) is 17.6 Å². The van der Waals surface area contributed by atoms with Crippen molar-refractivity contribution in [3.8, 4) is 0 Å². The van der Waals surface area contributed by atoms with Crippen LogP contribution in [-0.4, -0.2) is 32.9 Å². The monoisotopic (exact) mass is 320 g/mol. The van der Waals surface area contributed by atoms with Crippen LogP contribution < -0.4 is 5.32 Å². The van der Waals surface area contributed by atoms with E-state index in [2.05, 4.69) is 27.1 Å². The first-order chi connectivity index (χ1) is 10.2. The van der Waals surface area contributed by atoms with Crippen LogP contribution in [0.25, 0.3) is 12.2 Å². The van der Waals surface area contributed by atoms with E-state index in [4.69, 9.17) is 0 Å². The molecule has 2 heterocycles. The van der Waals surface area contributed by atoms with Crippen molar-refractivity contribution in [2.75, 3.05) is 6.54 Å². The Labute approximate surface area is 131 Å². The average Bonchev–Trinajstić information content (AvgIpc) is 3.13. The zero-order valence-electron chi connectivity index (χ0n) is 11.6. The van der Waals surface area contributed by atoms with Crippen molar-refractivity contribution in [2.45, 2.75) is 17.3 Å². The third-order valence-electron chi connectivity index (χ3n) is 2.50. The number of aromatic nitrogens is 3. The minimum Gasteiger partial charge on any atom is -0.352 e. The molecular weight excluding hydrogens is 304 g/mol. The van der Waals surface area contributed by atoms with E-state index < -0.39 is 0 Å². The van der Waals surface area contributed by atoms with Gasteiger partial charge in [-0.3, -0.25) is 9.89 Å². The number of carbonyl (C=O) groups excluding carboxylic acids is 1. The van der Waals surface area contributed by atoms with Crippen molar-refractivity contribution in [3.63, 3.8) is 0 Å². The van der Waals surface area contributed by atoms with Crippen LogP contribution in [0.15, 0.2) is 35.3 Å². The number of rotatable bonds is 7. The van der Waals surface area contributed by atoms with Gasteiger partial charge < -0.3 is 5.32 Å². The zero-order valence-corrected chi connectivity index (χ0v) is 13.2. The maximum absolute atomic E-state index is 11.7. The van der Waals surface area contributed by atoms with E-state index in [0.717, 1.165) is 4.88 Å². The Bertz CT molecular complexity index is 619. The van der Waals surface area contributed by atoms with Gasteiger partial charge in [0.25, 0.3) is 0 Å². The standard InChI is InChI=1S/C14H16N4OS2/c1-3-8-15-13(19)10(2)21-14-16-12(17-18-14)7-6-11-5-4-9-20-11/h3-7,9-10H,1,8H2,2H3,(H,15,19)(H,16,17,18). The predicted molar refractivity (Wildman–Crippen MR) is 88.2 cm³/mol. The third-order valence-corrected chi connectivity index (χ3v) is 4.30. The average molecular weight is 320 g/mol. The molecule has 7 heteroatoms. The Balaban J connectivity index is 1.90. The Morgan fingerprint density at radius 2 is 2.48 bits per heavy atom. The van der Waals surface area contributed by atoms with Crippen molar-refractivity contribution >= 4 is 41.2 Å². The highest BCUT2D eigenvalue weighted by atomic mass is 32.2. The molecule has 2 rings (SSSR count). The van der Waals surface area contributed by atoms with E-state index in [-0.39, 0.29) is 11.2 Å². The molecule has 0 spiro atoms. The molecule has 1 amide bonds. The Kier molecular flexibility index (Phi) is 5.77. The van der Waals surface area contributed by atoms with Gasteiger partial charge in [-0.1, -0.05) is 23.9 Å². The van der Waals surface area contributed by atoms with Crippen molar-refractivity contribution in [3.05, 3.63) is 40.9 Å². The lowest BCUT2D eigenvalue weighted by atomic mass is 10.4. The molecule has 0 bridgehead atoms. The molecule has 21 heavy (non-hydrogen) atoms. The molecule has 0 saturated heterocycles. The fraction of sp³-hybridized carbons (Fsp3) is 0.214. The molecule has 2 N–H and O–H groups in total. The molecule has 0 aliphatic carbocycles. The molecule has 0 aliphatic heterocycles. The van der Waals surface area contributed by atoms with E-state index in [1.807, 2.05) is 36.6 Å². The highest BCUT2D eigenvalue weighted by Gasteiger charge is 2.15. The summed E-state index contributed by atoms with van der Waals surface area (Å²) in [6.45, 7) is 5.85. The van der Waals surface area contributed by atoms with Gasteiger partial charge >= 0.3 is 0 Å². The number of carbonyl (C=O) groups is 1. The smallest absolute Gasteiger partial charge is 0.233 e. The van der Waals surface area contributed by atoms with Crippen LogP contribution in [0.3, 0.4) is 0 Å². The number of hydrogen-bond donors (Lipinski definition) is 2. The first kappa shape index (κ1) is 15.5. The Morgan fingerprint density at radius 3 is 3.19 bits per heavy atom. The van der Waals surface area contributed by atoms with Crippen LogP contribution in [0.4, 0.5) is 0 Å². The van der Waals surface area contributed by atoms with Gasteiger partial charge in [-0.15, -0.1) is 23.0 Å². The summed E-state index contributed by atoms with van der Waals surface area (Å²) in [6.07, 6.45) is 5.49. The molecule has 110 valence electrons. The number of amides is 1. The summed E-state index contributed by atoms with van der Waals surface area (Å²) in [5, 5.41) is 12.0. The Hall–Kier alpha value is -1.86. The van der Waals surface area contributed by atoms with Crippen molar-refractivity contribution in [1.29, 1.82) is 0 Å². The minimum atomic E-state index is -0.255. The normalized spacial score (nSPS) is 12.4. The van der Waals surface area contributed by atoms with Gasteiger partial charge in [-0.05, 0) is 30.5 Å². The van der Waals surface area contributed by atoms with Gasteiger partial charge in [0.2, 0.25) is 11.1 Å². The highest BCUT2D eigenvalue weighted by Crippen LogP contribution is 2.19. The molecule has 2 aromatic heterocycles. The molecule has 2 aromatic rings. The number of hydrogen-bond acceptors (Lipinski definition) is 5. The number of thioether (sulfide) groups is 1. The predicted octanol–water partition coefficient (Wildman–Crippen LogP) is 2.82. The molecule has 5 nitrogen and oxygen atoms in total. The Morgan fingerprint density at radius 1 is 1.62 bits per heavy atom. The SMILES string of the molecule is C=CCNC(=O)C(C)Sc1n[nH]c(C=Cc2cccs2)n1. The first-order valence-electron chi connectivity index (χ1n) is 6.38. The molecule has 0 aromatic carbocycles. The lowest BCUT2D eigenvalue weighted by Gasteiger charge is -2.07. The number of nitrogens with zero attached hydrogens (tertiary/aromatic N) is 2. The van der Waals surface area contributed by atoms with Crippen molar-refractivity contribution in [2.24, 2.45) is 0 Å². The molecule has 1 atom stereocenters. The van der Waals surface area contributed by atoms with E-state index >= 15 is 0 Å². The topological polar surface area (TPSA) is 70.7 Å². The second-order valence-electron chi connectivity index (χ2n) is 4.15. The van der Waals surface area contributed by atoms with E-state index in [9.17, 15) is 4.79 Å². The van der Waals surface area contributed by atoms with Gasteiger partial charge in [0.15, 0.2) is 0 Å². The third kappa shape index (κ3) is 4.87. The van der Waals surface area contributed by atoms with E-state index in [1.165, 1.54) is 11.8 Å². The highest BCUT2D eigenvalue weighted by molar-refractivity contribution is 8.00. The summed E-state index contributed by atoms with van der Waals surface area (Å²) in [4.78, 5) is 17.2. The van der Waals surface area contributed by atoms with Crippen LogP contribution >= 0.6 is 23.1 Å². The second-order valence-corrected chi connectivity index (χ2v) is 6.43. The first-order valence-corrected chi connectivity index (χ1v) is 8.14. The fourth-order valence-electron chi connectivity index (χ4n) is 1.46. The summed E-state index contributed by atoms with van der Waals surface area (Å²) < 4.78 is 0. The van der Waals surface area contributed by atoms with Gasteiger partial charge in [0.05, 0.1) is 5.25 Å². The lowest BCUT2D eigenvalue weighted by Crippen LogP contribution is -2.30. The maximum atomic E-state index is 11.7. The van der Waals surface area contributed by atoms with Crippen molar-refractivity contribution in [1.82, 2.24) is 20.5 Å². The summed E-state index contributed by atoms with van der Waals surface area (Å²) in [6, 6.07) is 4.02. The molecule has 0 fully saturated rings. The summed E-state index contributed by atoms with van der Waals surface area (Å²) in [5.41, 5.74) is 0. The molecule has 0 aliphatic rings. The van der Waals surface area contributed by atoms with Crippen LogP contribution in [0.2, 0.25) is 0 Å². The van der Waals surface area contributed by atoms with Gasteiger partial charge in [0, 0.05) is 11.4 Å². The molecule has 1 unspecified atom stereocenters. The second kappa shape index (κ2) is 7.80. The van der Waals surface area contributed by atoms with Crippen LogP contribution in [0.5, 0.6) is 0 Å². The van der Waals surface area contributed by atoms with Gasteiger partial charge in [-0.2, -0.15) is 0 Å². The summed E-state index contributed by atoms with van der Waals surface area (Å²) >= 11 is 2.97. The lowest BCUT2D eigenvalue weighted by molar-refractivity contribution is -0.120. The fourth-order valence-corrected chi connectivity index (χ4v) is 2.83. The molecule has 0 saturated carbocycles. The zero-order chi connectivity index (χ0) is 15.1. The van der Waals surface area contributed by atoms with Gasteiger partial charge in [-0.25, -0.2) is 4.98 Å². The summed E-state index contributed by atoms with van der Waals surface area (Å²) in [7, 11) is 0. The minimum absolute atomic E-state index is 0.0552. The quantitative estimate of drug-likeness (QED) is 0.608. The summed E-state index contributed by atoms with van der Waals surface area (Å²) in [5.74, 6) is 0.616. The van der Waals surface area contributed by atoms with Crippen molar-refractivity contribution < 1.29 is 4.79 Å². The molecule has 0 radical (unpaired) electrons. The van der Waals surface area contributed by atoms with E-state index in [1.54, 1.807) is 17.4 Å².